The first-order chi connectivity index (χ1) is 13.4. The highest BCUT2D eigenvalue weighted by molar-refractivity contribution is 5.98. The van der Waals surface area contributed by atoms with Crippen LogP contribution in [-0.2, 0) is 4.79 Å². The zero-order chi connectivity index (χ0) is 20.7. The number of carbonyl (C=O) groups excluding carboxylic acids is 2. The van der Waals surface area contributed by atoms with Crippen LogP contribution in [0.4, 0.5) is 8.78 Å². The number of hydrogen-bond acceptors (Lipinski definition) is 4. The number of rotatable bonds is 8. The molecule has 0 saturated carbocycles. The maximum absolute atomic E-state index is 13.6. The van der Waals surface area contributed by atoms with E-state index in [1.54, 1.807) is 12.1 Å². The van der Waals surface area contributed by atoms with Gasteiger partial charge in [-0.25, -0.2) is 8.78 Å². The minimum Gasteiger partial charge on any atom is -0.493 e. The predicted octanol–water partition coefficient (Wildman–Crippen LogP) is 2.76. The average Bonchev–Trinajstić information content (AvgIpc) is 2.71. The van der Waals surface area contributed by atoms with E-state index < -0.39 is 29.5 Å². The highest BCUT2D eigenvalue weighted by atomic mass is 19.2. The molecule has 1 unspecified atom stereocenters. The summed E-state index contributed by atoms with van der Waals surface area (Å²) in [5.41, 5.74) is 0.295. The van der Waals surface area contributed by atoms with Gasteiger partial charge in [-0.3, -0.25) is 9.59 Å². The van der Waals surface area contributed by atoms with Gasteiger partial charge in [0.05, 0.1) is 7.11 Å². The molecule has 0 spiro atoms. The van der Waals surface area contributed by atoms with Gasteiger partial charge in [-0.05, 0) is 35.9 Å². The fourth-order valence-corrected chi connectivity index (χ4v) is 2.43. The average molecular weight is 390 g/mol. The van der Waals surface area contributed by atoms with Crippen LogP contribution in [0.25, 0.3) is 0 Å². The molecular formula is C20H20F2N2O4. The molecule has 0 aliphatic heterocycles. The van der Waals surface area contributed by atoms with Crippen LogP contribution in [0, 0.1) is 11.6 Å². The molecule has 2 aromatic carbocycles. The van der Waals surface area contributed by atoms with E-state index in [0.29, 0.717) is 11.5 Å². The molecule has 6 nitrogen and oxygen atoms in total. The number of hydrogen-bond donors (Lipinski definition) is 2. The van der Waals surface area contributed by atoms with E-state index in [-0.39, 0.29) is 17.7 Å². The number of nitrogens with one attached hydrogen (secondary N) is 2. The van der Waals surface area contributed by atoms with Crippen LogP contribution in [0.2, 0.25) is 0 Å². The van der Waals surface area contributed by atoms with Gasteiger partial charge in [0, 0.05) is 12.6 Å². The highest BCUT2D eigenvalue weighted by Gasteiger charge is 2.24. The van der Waals surface area contributed by atoms with Crippen molar-refractivity contribution in [2.24, 2.45) is 0 Å². The summed E-state index contributed by atoms with van der Waals surface area (Å²) in [6.45, 7) is 3.82. The fraction of sp³-hybridized carbons (Fsp3) is 0.200. The Balaban J connectivity index is 2.29. The first-order valence-corrected chi connectivity index (χ1v) is 8.30. The van der Waals surface area contributed by atoms with Crippen molar-refractivity contribution in [3.05, 3.63) is 71.8 Å². The molecule has 0 aliphatic rings. The Labute approximate surface area is 161 Å². The van der Waals surface area contributed by atoms with Crippen molar-refractivity contribution in [1.82, 2.24) is 10.6 Å². The monoisotopic (exact) mass is 390 g/mol. The van der Waals surface area contributed by atoms with E-state index in [1.807, 2.05) is 0 Å². The number of benzene rings is 2. The van der Waals surface area contributed by atoms with E-state index in [2.05, 4.69) is 17.2 Å². The lowest BCUT2D eigenvalue weighted by atomic mass is 10.0. The molecular weight excluding hydrogens is 370 g/mol. The maximum atomic E-state index is 13.6. The van der Waals surface area contributed by atoms with Gasteiger partial charge in [0.15, 0.2) is 23.1 Å². The minimum atomic E-state index is -1.21. The number of likely N-dealkylation sites (N-methyl/N-ethyl adjacent to an activating group) is 1. The van der Waals surface area contributed by atoms with Gasteiger partial charge in [0.1, 0.15) is 12.6 Å². The Hall–Kier alpha value is -3.42. The lowest BCUT2D eigenvalue weighted by molar-refractivity contribution is -0.122. The third kappa shape index (κ3) is 4.85. The Kier molecular flexibility index (Phi) is 7.08. The Morgan fingerprint density at radius 3 is 2.50 bits per heavy atom. The maximum Gasteiger partial charge on any atom is 0.252 e. The molecule has 8 heteroatoms. The van der Waals surface area contributed by atoms with Crippen LogP contribution in [-0.4, -0.2) is 32.6 Å². The fourth-order valence-electron chi connectivity index (χ4n) is 2.43. The summed E-state index contributed by atoms with van der Waals surface area (Å²) in [5, 5.41) is 4.89. The number of halogens is 2. The molecule has 0 aliphatic carbocycles. The molecule has 0 heterocycles. The molecule has 148 valence electrons. The second-order valence-corrected chi connectivity index (χ2v) is 5.66. The quantitative estimate of drug-likeness (QED) is 0.680. The lowest BCUT2D eigenvalue weighted by Crippen LogP contribution is -2.39. The number of amides is 2. The van der Waals surface area contributed by atoms with Crippen LogP contribution in [0.3, 0.4) is 0 Å². The number of carbonyl (C=O) groups is 2. The van der Waals surface area contributed by atoms with E-state index in [0.717, 1.165) is 12.1 Å². The van der Waals surface area contributed by atoms with Crippen LogP contribution in [0.5, 0.6) is 11.5 Å². The molecule has 1 atom stereocenters. The first-order valence-electron chi connectivity index (χ1n) is 8.30. The predicted molar refractivity (Wildman–Crippen MR) is 99.3 cm³/mol. The number of methoxy groups -OCH3 is 1. The molecule has 28 heavy (non-hydrogen) atoms. The van der Waals surface area contributed by atoms with Crippen molar-refractivity contribution in [1.29, 1.82) is 0 Å². The van der Waals surface area contributed by atoms with Gasteiger partial charge >= 0.3 is 0 Å². The van der Waals surface area contributed by atoms with Crippen LogP contribution < -0.4 is 20.1 Å². The third-order valence-corrected chi connectivity index (χ3v) is 3.84. The van der Waals surface area contributed by atoms with E-state index >= 15 is 0 Å². The SMILES string of the molecule is C=CCOc1ccc(C(=O)NC(C(=O)NC)c2ccc(F)c(F)c2)cc1OC. The van der Waals surface area contributed by atoms with Crippen molar-refractivity contribution >= 4 is 11.8 Å². The second-order valence-electron chi connectivity index (χ2n) is 5.66. The summed E-state index contributed by atoms with van der Waals surface area (Å²) in [7, 11) is 2.79. The van der Waals surface area contributed by atoms with Crippen molar-refractivity contribution in [2.75, 3.05) is 20.8 Å². The van der Waals surface area contributed by atoms with Crippen molar-refractivity contribution in [2.45, 2.75) is 6.04 Å². The summed E-state index contributed by atoms with van der Waals surface area (Å²) in [4.78, 5) is 24.8. The summed E-state index contributed by atoms with van der Waals surface area (Å²) in [6.07, 6.45) is 1.57. The molecule has 0 bridgehead atoms. The second kappa shape index (κ2) is 9.50. The first kappa shape index (κ1) is 20.9. The van der Waals surface area contributed by atoms with Crippen LogP contribution >= 0.6 is 0 Å². The van der Waals surface area contributed by atoms with Gasteiger partial charge in [0.2, 0.25) is 5.91 Å². The summed E-state index contributed by atoms with van der Waals surface area (Å²) in [6, 6.07) is 6.25. The van der Waals surface area contributed by atoms with E-state index in [9.17, 15) is 18.4 Å². The molecule has 0 radical (unpaired) electrons. The van der Waals surface area contributed by atoms with E-state index in [4.69, 9.17) is 9.47 Å². The summed E-state index contributed by atoms with van der Waals surface area (Å²) >= 11 is 0. The topological polar surface area (TPSA) is 76.7 Å². The Morgan fingerprint density at radius 2 is 1.89 bits per heavy atom. The molecule has 2 N–H and O–H groups in total. The normalized spacial score (nSPS) is 11.3. The van der Waals surface area contributed by atoms with E-state index in [1.165, 1.54) is 32.4 Å². The molecule has 0 aromatic heterocycles. The highest BCUT2D eigenvalue weighted by Crippen LogP contribution is 2.28. The van der Waals surface area contributed by atoms with Crippen molar-refractivity contribution in [3.8, 4) is 11.5 Å². The van der Waals surface area contributed by atoms with Crippen molar-refractivity contribution < 1.29 is 27.8 Å². The summed E-state index contributed by atoms with van der Waals surface area (Å²) in [5.74, 6) is -2.62. The third-order valence-electron chi connectivity index (χ3n) is 3.84. The molecule has 0 fully saturated rings. The van der Waals surface area contributed by atoms with Crippen molar-refractivity contribution in [3.63, 3.8) is 0 Å². The minimum absolute atomic E-state index is 0.101. The zero-order valence-electron chi connectivity index (χ0n) is 15.4. The van der Waals surface area contributed by atoms with Gasteiger partial charge in [0.25, 0.3) is 5.91 Å². The zero-order valence-corrected chi connectivity index (χ0v) is 15.4. The molecule has 2 aromatic rings. The van der Waals surface area contributed by atoms with Crippen LogP contribution in [0.1, 0.15) is 22.0 Å². The standard InChI is InChI=1S/C20H20F2N2O4/c1-4-9-28-16-8-6-13(11-17(16)27-3)19(25)24-18(20(26)23-2)12-5-7-14(21)15(22)10-12/h4-8,10-11,18H,1,9H2,2-3H3,(H,23,26)(H,24,25). The van der Waals surface area contributed by atoms with Gasteiger partial charge in [-0.1, -0.05) is 18.7 Å². The smallest absolute Gasteiger partial charge is 0.252 e. The van der Waals surface area contributed by atoms with Gasteiger partial charge in [-0.2, -0.15) is 0 Å². The summed E-state index contributed by atoms with van der Waals surface area (Å²) < 4.78 is 37.4. The van der Waals surface area contributed by atoms with Gasteiger partial charge in [-0.15, -0.1) is 0 Å². The Bertz CT molecular complexity index is 887. The number of ether oxygens (including phenoxy) is 2. The molecule has 2 amide bonds. The lowest BCUT2D eigenvalue weighted by Gasteiger charge is -2.18. The Morgan fingerprint density at radius 1 is 1.14 bits per heavy atom. The van der Waals surface area contributed by atoms with Crippen LogP contribution in [0.15, 0.2) is 49.1 Å². The molecule has 2 rings (SSSR count). The van der Waals surface area contributed by atoms with Gasteiger partial charge < -0.3 is 20.1 Å². The molecule has 0 saturated heterocycles. The largest absolute Gasteiger partial charge is 0.493 e.